The van der Waals surface area contributed by atoms with Crippen molar-refractivity contribution < 1.29 is 0 Å². The van der Waals surface area contributed by atoms with Gasteiger partial charge >= 0.3 is 0 Å². The molecule has 0 radical (unpaired) electrons. The first-order valence-corrected chi connectivity index (χ1v) is 6.97. The van der Waals surface area contributed by atoms with Gasteiger partial charge in [0.2, 0.25) is 0 Å². The Balaban J connectivity index is 1.92. The minimum Gasteiger partial charge on any atom is -0.363 e. The molecule has 0 saturated carbocycles. The molecule has 5 nitrogen and oxygen atoms in total. The highest BCUT2D eigenvalue weighted by molar-refractivity contribution is 5.32. The maximum absolute atomic E-state index is 4.47. The second-order valence-corrected chi connectivity index (χ2v) is 5.22. The Morgan fingerprint density at radius 2 is 2.16 bits per heavy atom. The summed E-state index contributed by atoms with van der Waals surface area (Å²) in [5.74, 6) is 1.52. The van der Waals surface area contributed by atoms with E-state index in [0.29, 0.717) is 5.92 Å². The lowest BCUT2D eigenvalue weighted by atomic mass is 10.2. The number of aromatic nitrogens is 4. The molecule has 19 heavy (non-hydrogen) atoms. The highest BCUT2D eigenvalue weighted by Gasteiger charge is 2.05. The highest BCUT2D eigenvalue weighted by atomic mass is 15.3. The van der Waals surface area contributed by atoms with Crippen LogP contribution in [0.25, 0.3) is 0 Å². The molecule has 0 saturated heterocycles. The summed E-state index contributed by atoms with van der Waals surface area (Å²) in [5, 5.41) is 12.2. The quantitative estimate of drug-likeness (QED) is 0.833. The summed E-state index contributed by atoms with van der Waals surface area (Å²) < 4.78 is 4.02. The molecule has 5 heteroatoms. The molecule has 104 valence electrons. The van der Waals surface area contributed by atoms with Gasteiger partial charge in [-0.05, 0) is 18.4 Å². The Hall–Kier alpha value is -1.78. The van der Waals surface area contributed by atoms with E-state index in [0.717, 1.165) is 31.9 Å². The van der Waals surface area contributed by atoms with Crippen molar-refractivity contribution in [2.45, 2.75) is 46.8 Å². The molecule has 0 amide bonds. The SMILES string of the molecule is CCCn1ccc(NCc2ccnn2CC(C)C)n1. The molecule has 2 rings (SSSR count). The zero-order valence-corrected chi connectivity index (χ0v) is 12.0. The summed E-state index contributed by atoms with van der Waals surface area (Å²) >= 11 is 0. The number of rotatable bonds is 7. The van der Waals surface area contributed by atoms with Crippen LogP contribution in [0.5, 0.6) is 0 Å². The van der Waals surface area contributed by atoms with Crippen LogP contribution in [0.2, 0.25) is 0 Å². The molecule has 0 bridgehead atoms. The Kier molecular flexibility index (Phi) is 4.60. The van der Waals surface area contributed by atoms with Crippen molar-refractivity contribution in [2.75, 3.05) is 5.32 Å². The van der Waals surface area contributed by atoms with Crippen LogP contribution in [0.4, 0.5) is 5.82 Å². The van der Waals surface area contributed by atoms with Crippen LogP contribution >= 0.6 is 0 Å². The Morgan fingerprint density at radius 1 is 1.32 bits per heavy atom. The van der Waals surface area contributed by atoms with Gasteiger partial charge in [0.1, 0.15) is 5.82 Å². The average molecular weight is 261 g/mol. The van der Waals surface area contributed by atoms with Gasteiger partial charge in [-0.15, -0.1) is 0 Å². The third-order valence-electron chi connectivity index (χ3n) is 2.89. The standard InChI is InChI=1S/C14H23N5/c1-4-8-18-9-6-14(17-18)15-10-13-5-7-16-19(13)11-12(2)3/h5-7,9,12H,4,8,10-11H2,1-3H3,(H,15,17). The predicted molar refractivity (Wildman–Crippen MR) is 76.9 cm³/mol. The van der Waals surface area contributed by atoms with Crippen LogP contribution in [-0.2, 0) is 19.6 Å². The average Bonchev–Trinajstić information content (AvgIpc) is 2.96. The van der Waals surface area contributed by atoms with Crippen molar-refractivity contribution in [3.05, 3.63) is 30.2 Å². The number of anilines is 1. The summed E-state index contributed by atoms with van der Waals surface area (Å²) in [6, 6.07) is 4.07. The van der Waals surface area contributed by atoms with Gasteiger partial charge in [0, 0.05) is 31.5 Å². The van der Waals surface area contributed by atoms with Crippen LogP contribution in [0.1, 0.15) is 32.9 Å². The molecule has 0 spiro atoms. The van der Waals surface area contributed by atoms with Crippen LogP contribution in [0.15, 0.2) is 24.5 Å². The van der Waals surface area contributed by atoms with E-state index in [1.54, 1.807) is 0 Å². The third kappa shape index (κ3) is 3.84. The van der Waals surface area contributed by atoms with E-state index < -0.39 is 0 Å². The number of aryl methyl sites for hydroxylation is 1. The summed E-state index contributed by atoms with van der Waals surface area (Å²) in [5.41, 5.74) is 1.19. The van der Waals surface area contributed by atoms with E-state index in [9.17, 15) is 0 Å². The summed E-state index contributed by atoms with van der Waals surface area (Å²) in [7, 11) is 0. The number of hydrogen-bond acceptors (Lipinski definition) is 3. The minimum atomic E-state index is 0.599. The molecule has 0 aromatic carbocycles. The van der Waals surface area contributed by atoms with Crippen molar-refractivity contribution in [1.29, 1.82) is 0 Å². The normalized spacial score (nSPS) is 11.2. The largest absolute Gasteiger partial charge is 0.363 e. The Labute approximate surface area is 114 Å². The lowest BCUT2D eigenvalue weighted by Crippen LogP contribution is -2.12. The first kappa shape index (κ1) is 13.6. The molecular weight excluding hydrogens is 238 g/mol. The van der Waals surface area contributed by atoms with Crippen LogP contribution in [0, 0.1) is 5.92 Å². The number of hydrogen-bond donors (Lipinski definition) is 1. The first-order valence-electron chi connectivity index (χ1n) is 6.97. The van der Waals surface area contributed by atoms with Crippen molar-refractivity contribution in [1.82, 2.24) is 19.6 Å². The second-order valence-electron chi connectivity index (χ2n) is 5.22. The third-order valence-corrected chi connectivity index (χ3v) is 2.89. The van der Waals surface area contributed by atoms with Crippen molar-refractivity contribution >= 4 is 5.82 Å². The fourth-order valence-electron chi connectivity index (χ4n) is 2.01. The molecule has 0 aliphatic rings. The first-order chi connectivity index (χ1) is 9.19. The lowest BCUT2D eigenvalue weighted by Gasteiger charge is -2.10. The zero-order chi connectivity index (χ0) is 13.7. The summed E-state index contributed by atoms with van der Waals surface area (Å²) in [6.45, 7) is 9.23. The smallest absolute Gasteiger partial charge is 0.148 e. The van der Waals surface area contributed by atoms with E-state index in [4.69, 9.17) is 0 Å². The zero-order valence-electron chi connectivity index (χ0n) is 12.0. The monoisotopic (exact) mass is 261 g/mol. The predicted octanol–water partition coefficient (Wildman–Crippen LogP) is 2.76. The molecule has 0 unspecified atom stereocenters. The molecule has 0 aliphatic carbocycles. The van der Waals surface area contributed by atoms with Gasteiger partial charge in [0.05, 0.1) is 12.2 Å². The fourth-order valence-corrected chi connectivity index (χ4v) is 2.01. The van der Waals surface area contributed by atoms with Gasteiger partial charge in [-0.25, -0.2) is 0 Å². The maximum atomic E-state index is 4.47. The molecular formula is C14H23N5. The maximum Gasteiger partial charge on any atom is 0.148 e. The van der Waals surface area contributed by atoms with Gasteiger partial charge in [-0.2, -0.15) is 10.2 Å². The second kappa shape index (κ2) is 6.41. The molecule has 0 fully saturated rings. The van der Waals surface area contributed by atoms with E-state index in [-0.39, 0.29) is 0 Å². The van der Waals surface area contributed by atoms with E-state index in [1.165, 1.54) is 5.69 Å². The molecule has 0 aliphatic heterocycles. The van der Waals surface area contributed by atoms with Gasteiger partial charge in [0.15, 0.2) is 0 Å². The number of nitrogens with one attached hydrogen (secondary N) is 1. The van der Waals surface area contributed by atoms with Gasteiger partial charge < -0.3 is 5.32 Å². The van der Waals surface area contributed by atoms with Crippen LogP contribution in [0.3, 0.4) is 0 Å². The van der Waals surface area contributed by atoms with Crippen molar-refractivity contribution in [2.24, 2.45) is 5.92 Å². The summed E-state index contributed by atoms with van der Waals surface area (Å²) in [4.78, 5) is 0. The van der Waals surface area contributed by atoms with Gasteiger partial charge in [-0.1, -0.05) is 20.8 Å². The topological polar surface area (TPSA) is 47.7 Å². The van der Waals surface area contributed by atoms with Crippen molar-refractivity contribution in [3.8, 4) is 0 Å². The molecule has 2 aromatic heterocycles. The van der Waals surface area contributed by atoms with Gasteiger partial charge in [0.25, 0.3) is 0 Å². The van der Waals surface area contributed by atoms with Gasteiger partial charge in [-0.3, -0.25) is 9.36 Å². The van der Waals surface area contributed by atoms with E-state index in [2.05, 4.69) is 47.0 Å². The Bertz CT molecular complexity index is 497. The minimum absolute atomic E-state index is 0.599. The van der Waals surface area contributed by atoms with E-state index in [1.807, 2.05) is 23.1 Å². The van der Waals surface area contributed by atoms with Crippen LogP contribution < -0.4 is 5.32 Å². The number of nitrogens with zero attached hydrogens (tertiary/aromatic N) is 4. The summed E-state index contributed by atoms with van der Waals surface area (Å²) in [6.07, 6.45) is 4.97. The van der Waals surface area contributed by atoms with E-state index >= 15 is 0 Å². The molecule has 2 heterocycles. The van der Waals surface area contributed by atoms with Crippen LogP contribution in [-0.4, -0.2) is 19.6 Å². The highest BCUT2D eigenvalue weighted by Crippen LogP contribution is 2.08. The molecule has 0 atom stereocenters. The Morgan fingerprint density at radius 3 is 2.89 bits per heavy atom. The lowest BCUT2D eigenvalue weighted by molar-refractivity contribution is 0.470. The molecule has 2 aromatic rings. The molecule has 1 N–H and O–H groups in total. The van der Waals surface area contributed by atoms with Crippen molar-refractivity contribution in [3.63, 3.8) is 0 Å². The fraction of sp³-hybridized carbons (Fsp3) is 0.571.